The van der Waals surface area contributed by atoms with E-state index in [4.69, 9.17) is 10.8 Å². The van der Waals surface area contributed by atoms with E-state index < -0.39 is 11.9 Å². The standard InChI is InChI=1S/C12H20N2O3/c13-6-8-4-5-14(7-8)11(15)9-2-1-3-10(9)12(16)17/h8-10H,1-7,13H2,(H,16,17). The summed E-state index contributed by atoms with van der Waals surface area (Å²) in [5, 5.41) is 9.08. The normalized spacial score (nSPS) is 33.0. The molecule has 1 aliphatic heterocycles. The molecular weight excluding hydrogens is 220 g/mol. The van der Waals surface area contributed by atoms with E-state index in [9.17, 15) is 9.59 Å². The van der Waals surface area contributed by atoms with Crippen LogP contribution in [0.25, 0.3) is 0 Å². The Labute approximate surface area is 101 Å². The molecule has 5 heteroatoms. The van der Waals surface area contributed by atoms with Crippen molar-refractivity contribution in [1.82, 2.24) is 4.90 Å². The van der Waals surface area contributed by atoms with Crippen LogP contribution in [-0.2, 0) is 9.59 Å². The van der Waals surface area contributed by atoms with Gasteiger partial charge in [-0.25, -0.2) is 0 Å². The van der Waals surface area contributed by atoms with Crippen molar-refractivity contribution >= 4 is 11.9 Å². The predicted octanol–water partition coefficient (Wildman–Crippen LogP) is 0.294. The second-order valence-corrected chi connectivity index (χ2v) is 5.16. The van der Waals surface area contributed by atoms with Crippen molar-refractivity contribution < 1.29 is 14.7 Å². The number of carbonyl (C=O) groups excluding carboxylic acids is 1. The van der Waals surface area contributed by atoms with Crippen molar-refractivity contribution in [3.05, 3.63) is 0 Å². The predicted molar refractivity (Wildman–Crippen MR) is 62.2 cm³/mol. The van der Waals surface area contributed by atoms with Gasteiger partial charge in [0.05, 0.1) is 11.8 Å². The fraction of sp³-hybridized carbons (Fsp3) is 0.833. The lowest BCUT2D eigenvalue weighted by molar-refractivity contribution is -0.148. The van der Waals surface area contributed by atoms with Gasteiger partial charge in [-0.05, 0) is 31.7 Å². The minimum absolute atomic E-state index is 0.0332. The summed E-state index contributed by atoms with van der Waals surface area (Å²) in [6.07, 6.45) is 3.16. The summed E-state index contributed by atoms with van der Waals surface area (Å²) in [4.78, 5) is 25.1. The molecule has 3 unspecified atom stereocenters. The highest BCUT2D eigenvalue weighted by atomic mass is 16.4. The van der Waals surface area contributed by atoms with Crippen molar-refractivity contribution in [2.24, 2.45) is 23.5 Å². The number of amides is 1. The molecule has 1 amide bonds. The lowest BCUT2D eigenvalue weighted by Crippen LogP contribution is -2.38. The van der Waals surface area contributed by atoms with Gasteiger partial charge in [-0.2, -0.15) is 0 Å². The molecule has 2 aliphatic rings. The van der Waals surface area contributed by atoms with Gasteiger partial charge in [-0.15, -0.1) is 0 Å². The van der Waals surface area contributed by atoms with Crippen LogP contribution in [0.5, 0.6) is 0 Å². The first-order valence-corrected chi connectivity index (χ1v) is 6.35. The minimum Gasteiger partial charge on any atom is -0.481 e. The number of nitrogens with two attached hydrogens (primary N) is 1. The fourth-order valence-electron chi connectivity index (χ4n) is 3.01. The number of aliphatic carboxylic acids is 1. The number of rotatable bonds is 3. The van der Waals surface area contributed by atoms with E-state index in [1.807, 2.05) is 4.90 Å². The van der Waals surface area contributed by atoms with Crippen molar-refractivity contribution in [2.45, 2.75) is 25.7 Å². The van der Waals surface area contributed by atoms with Gasteiger partial charge in [-0.1, -0.05) is 6.42 Å². The van der Waals surface area contributed by atoms with Crippen LogP contribution in [0.2, 0.25) is 0 Å². The quantitative estimate of drug-likeness (QED) is 0.743. The minimum atomic E-state index is -0.824. The molecule has 1 saturated carbocycles. The monoisotopic (exact) mass is 240 g/mol. The molecule has 0 aromatic heterocycles. The van der Waals surface area contributed by atoms with Crippen LogP contribution < -0.4 is 5.73 Å². The molecule has 1 saturated heterocycles. The van der Waals surface area contributed by atoms with Gasteiger partial charge in [0.1, 0.15) is 0 Å². The van der Waals surface area contributed by atoms with Crippen LogP contribution in [0.15, 0.2) is 0 Å². The topological polar surface area (TPSA) is 83.6 Å². The average Bonchev–Trinajstić information content (AvgIpc) is 2.97. The highest BCUT2D eigenvalue weighted by Gasteiger charge is 2.40. The van der Waals surface area contributed by atoms with Gasteiger partial charge in [0.15, 0.2) is 0 Å². The maximum Gasteiger partial charge on any atom is 0.307 e. The van der Waals surface area contributed by atoms with E-state index in [1.165, 1.54) is 0 Å². The van der Waals surface area contributed by atoms with Gasteiger partial charge < -0.3 is 15.7 Å². The number of hydrogen-bond donors (Lipinski definition) is 2. The number of carbonyl (C=O) groups is 2. The van der Waals surface area contributed by atoms with E-state index in [2.05, 4.69) is 0 Å². The molecule has 0 radical (unpaired) electrons. The summed E-state index contributed by atoms with van der Waals surface area (Å²) in [5.74, 6) is -1.17. The van der Waals surface area contributed by atoms with E-state index >= 15 is 0 Å². The SMILES string of the molecule is NCC1CCN(C(=O)C2CCCC2C(=O)O)C1. The van der Waals surface area contributed by atoms with E-state index in [0.717, 1.165) is 25.8 Å². The van der Waals surface area contributed by atoms with Gasteiger partial charge in [-0.3, -0.25) is 9.59 Å². The number of carboxylic acids is 1. The molecule has 96 valence electrons. The van der Waals surface area contributed by atoms with Crippen LogP contribution in [0.3, 0.4) is 0 Å². The Morgan fingerprint density at radius 2 is 1.94 bits per heavy atom. The summed E-state index contributed by atoms with van der Waals surface area (Å²) in [5.41, 5.74) is 5.59. The van der Waals surface area contributed by atoms with Gasteiger partial charge in [0.2, 0.25) is 5.91 Å². The third-order valence-corrected chi connectivity index (χ3v) is 4.08. The van der Waals surface area contributed by atoms with Crippen molar-refractivity contribution in [3.8, 4) is 0 Å². The zero-order chi connectivity index (χ0) is 12.4. The number of likely N-dealkylation sites (tertiary alicyclic amines) is 1. The van der Waals surface area contributed by atoms with E-state index in [1.54, 1.807) is 0 Å². The molecule has 1 aliphatic carbocycles. The molecular formula is C12H20N2O3. The summed E-state index contributed by atoms with van der Waals surface area (Å²) in [6, 6.07) is 0. The van der Waals surface area contributed by atoms with Gasteiger partial charge in [0, 0.05) is 13.1 Å². The van der Waals surface area contributed by atoms with Crippen molar-refractivity contribution in [2.75, 3.05) is 19.6 Å². The third kappa shape index (κ3) is 2.44. The molecule has 0 aromatic rings. The molecule has 3 N–H and O–H groups in total. The Morgan fingerprint density at radius 1 is 1.24 bits per heavy atom. The Morgan fingerprint density at radius 3 is 2.53 bits per heavy atom. The molecule has 5 nitrogen and oxygen atoms in total. The molecule has 0 aromatic carbocycles. The Balaban J connectivity index is 1.98. The van der Waals surface area contributed by atoms with Crippen LogP contribution in [0, 0.1) is 17.8 Å². The molecule has 2 rings (SSSR count). The van der Waals surface area contributed by atoms with E-state index in [-0.39, 0.29) is 11.8 Å². The third-order valence-electron chi connectivity index (χ3n) is 4.08. The summed E-state index contributed by atoms with van der Waals surface area (Å²) >= 11 is 0. The van der Waals surface area contributed by atoms with Crippen LogP contribution in [-0.4, -0.2) is 41.5 Å². The van der Waals surface area contributed by atoms with Crippen molar-refractivity contribution in [1.29, 1.82) is 0 Å². The second kappa shape index (κ2) is 5.04. The van der Waals surface area contributed by atoms with Crippen LogP contribution in [0.1, 0.15) is 25.7 Å². The zero-order valence-electron chi connectivity index (χ0n) is 9.97. The summed E-state index contributed by atoms with van der Waals surface area (Å²) in [6.45, 7) is 2.05. The first-order valence-electron chi connectivity index (χ1n) is 6.35. The lowest BCUT2D eigenvalue weighted by atomic mass is 9.95. The first kappa shape index (κ1) is 12.4. The Kier molecular flexibility index (Phi) is 3.66. The largest absolute Gasteiger partial charge is 0.481 e. The number of carboxylic acid groups (broad SMARTS) is 1. The lowest BCUT2D eigenvalue weighted by Gasteiger charge is -2.23. The number of nitrogens with zero attached hydrogens (tertiary/aromatic N) is 1. The van der Waals surface area contributed by atoms with E-state index in [0.29, 0.717) is 25.4 Å². The summed E-state index contributed by atoms with van der Waals surface area (Å²) < 4.78 is 0. The highest BCUT2D eigenvalue weighted by Crippen LogP contribution is 2.34. The Hall–Kier alpha value is -1.10. The van der Waals surface area contributed by atoms with Crippen LogP contribution in [0.4, 0.5) is 0 Å². The van der Waals surface area contributed by atoms with Crippen molar-refractivity contribution in [3.63, 3.8) is 0 Å². The molecule has 3 atom stereocenters. The maximum absolute atomic E-state index is 12.2. The first-order chi connectivity index (χ1) is 8.13. The molecule has 0 spiro atoms. The Bertz CT molecular complexity index is 319. The summed E-state index contributed by atoms with van der Waals surface area (Å²) in [7, 11) is 0. The number of hydrogen-bond acceptors (Lipinski definition) is 3. The molecule has 17 heavy (non-hydrogen) atoms. The van der Waals surface area contributed by atoms with Crippen LogP contribution >= 0.6 is 0 Å². The average molecular weight is 240 g/mol. The molecule has 1 heterocycles. The highest BCUT2D eigenvalue weighted by molar-refractivity contribution is 5.85. The second-order valence-electron chi connectivity index (χ2n) is 5.16. The smallest absolute Gasteiger partial charge is 0.307 e. The molecule has 0 bridgehead atoms. The zero-order valence-corrected chi connectivity index (χ0v) is 9.97. The fourth-order valence-corrected chi connectivity index (χ4v) is 3.01. The molecule has 2 fully saturated rings. The maximum atomic E-state index is 12.2. The van der Waals surface area contributed by atoms with Gasteiger partial charge >= 0.3 is 5.97 Å². The van der Waals surface area contributed by atoms with Gasteiger partial charge in [0.25, 0.3) is 0 Å².